The van der Waals surface area contributed by atoms with Crippen molar-refractivity contribution in [1.29, 1.82) is 0 Å². The van der Waals surface area contributed by atoms with Gasteiger partial charge in [0.15, 0.2) is 0 Å². The van der Waals surface area contributed by atoms with Crippen LogP contribution in [0.5, 0.6) is 0 Å². The van der Waals surface area contributed by atoms with Gasteiger partial charge in [0.25, 0.3) is 0 Å². The summed E-state index contributed by atoms with van der Waals surface area (Å²) in [4.78, 5) is 11.6. The lowest BCUT2D eigenvalue weighted by atomic mass is 9.95. The standard InChI is InChI=1S/C12H24N2O2/c1-11(2,3)14-10(15)8-13-12(4)6-5-7-16-9-12/h13H,5-9H2,1-4H3,(H,14,15). The molecule has 1 aliphatic heterocycles. The fraction of sp³-hybridized carbons (Fsp3) is 0.917. The van der Waals surface area contributed by atoms with Crippen LogP contribution in [0.4, 0.5) is 0 Å². The second-order valence-electron chi connectivity index (χ2n) is 5.87. The van der Waals surface area contributed by atoms with E-state index in [0.29, 0.717) is 13.2 Å². The molecule has 2 N–H and O–H groups in total. The third kappa shape index (κ3) is 4.94. The Balaban J connectivity index is 2.30. The highest BCUT2D eigenvalue weighted by Crippen LogP contribution is 2.17. The van der Waals surface area contributed by atoms with Crippen LogP contribution in [0.15, 0.2) is 0 Å². The lowest BCUT2D eigenvalue weighted by Crippen LogP contribution is -2.53. The topological polar surface area (TPSA) is 50.4 Å². The van der Waals surface area contributed by atoms with E-state index in [-0.39, 0.29) is 17.0 Å². The predicted octanol–water partition coefficient (Wildman–Crippen LogP) is 1.06. The molecule has 1 saturated heterocycles. The maximum atomic E-state index is 11.6. The smallest absolute Gasteiger partial charge is 0.234 e. The Bertz CT molecular complexity index is 240. The minimum atomic E-state index is -0.164. The number of nitrogens with one attached hydrogen (secondary N) is 2. The van der Waals surface area contributed by atoms with Crippen molar-refractivity contribution in [3.8, 4) is 0 Å². The molecule has 1 fully saturated rings. The van der Waals surface area contributed by atoms with Gasteiger partial charge in [-0.05, 0) is 40.5 Å². The van der Waals surface area contributed by atoms with Gasteiger partial charge >= 0.3 is 0 Å². The molecule has 1 amide bonds. The molecule has 1 rings (SSSR count). The van der Waals surface area contributed by atoms with Gasteiger partial charge in [-0.15, -0.1) is 0 Å². The first-order valence-electron chi connectivity index (χ1n) is 5.95. The van der Waals surface area contributed by atoms with Crippen LogP contribution in [0.2, 0.25) is 0 Å². The van der Waals surface area contributed by atoms with E-state index in [1.807, 2.05) is 20.8 Å². The monoisotopic (exact) mass is 228 g/mol. The summed E-state index contributed by atoms with van der Waals surface area (Å²) >= 11 is 0. The number of carbonyl (C=O) groups is 1. The predicted molar refractivity (Wildman–Crippen MR) is 64.4 cm³/mol. The Morgan fingerprint density at radius 3 is 2.62 bits per heavy atom. The molecule has 94 valence electrons. The van der Waals surface area contributed by atoms with Crippen molar-refractivity contribution in [2.45, 2.75) is 51.6 Å². The second-order valence-corrected chi connectivity index (χ2v) is 5.87. The van der Waals surface area contributed by atoms with Gasteiger partial charge in [0.2, 0.25) is 5.91 Å². The van der Waals surface area contributed by atoms with Crippen LogP contribution in [0, 0.1) is 0 Å². The van der Waals surface area contributed by atoms with Gasteiger partial charge in [-0.25, -0.2) is 0 Å². The number of carbonyl (C=O) groups excluding carboxylic acids is 1. The molecule has 0 aromatic heterocycles. The third-order valence-corrected chi connectivity index (χ3v) is 2.63. The molecule has 0 aromatic rings. The molecule has 0 radical (unpaired) electrons. The lowest BCUT2D eigenvalue weighted by molar-refractivity contribution is -0.122. The molecular formula is C12H24N2O2. The van der Waals surface area contributed by atoms with Crippen LogP contribution in [-0.4, -0.2) is 36.7 Å². The number of ether oxygens (including phenoxy) is 1. The van der Waals surface area contributed by atoms with Gasteiger partial charge in [0.1, 0.15) is 0 Å². The lowest BCUT2D eigenvalue weighted by Gasteiger charge is -2.34. The zero-order valence-corrected chi connectivity index (χ0v) is 10.9. The maximum absolute atomic E-state index is 11.6. The van der Waals surface area contributed by atoms with Gasteiger partial charge in [0, 0.05) is 17.7 Å². The first-order chi connectivity index (χ1) is 7.31. The first-order valence-corrected chi connectivity index (χ1v) is 5.95. The van der Waals surface area contributed by atoms with Gasteiger partial charge < -0.3 is 15.4 Å². The van der Waals surface area contributed by atoms with Crippen molar-refractivity contribution in [3.05, 3.63) is 0 Å². The molecule has 16 heavy (non-hydrogen) atoms. The normalized spacial score (nSPS) is 26.5. The zero-order chi connectivity index (χ0) is 12.2. The van der Waals surface area contributed by atoms with E-state index < -0.39 is 0 Å². The largest absolute Gasteiger partial charge is 0.380 e. The van der Waals surface area contributed by atoms with Crippen LogP contribution in [0.3, 0.4) is 0 Å². The third-order valence-electron chi connectivity index (χ3n) is 2.63. The molecule has 0 aromatic carbocycles. The summed E-state index contributed by atoms with van der Waals surface area (Å²) in [6.45, 7) is 9.94. The zero-order valence-electron chi connectivity index (χ0n) is 10.9. The molecular weight excluding hydrogens is 204 g/mol. The molecule has 0 saturated carbocycles. The van der Waals surface area contributed by atoms with Crippen LogP contribution >= 0.6 is 0 Å². The Labute approximate surface area is 98.1 Å². The Hall–Kier alpha value is -0.610. The van der Waals surface area contributed by atoms with Crippen LogP contribution in [-0.2, 0) is 9.53 Å². The summed E-state index contributed by atoms with van der Waals surface area (Å²) in [5.41, 5.74) is -0.212. The van der Waals surface area contributed by atoms with E-state index in [1.165, 1.54) is 0 Å². The van der Waals surface area contributed by atoms with Crippen molar-refractivity contribution >= 4 is 5.91 Å². The minimum Gasteiger partial charge on any atom is -0.380 e. The van der Waals surface area contributed by atoms with Gasteiger partial charge in [-0.2, -0.15) is 0 Å². The van der Waals surface area contributed by atoms with E-state index in [0.717, 1.165) is 19.4 Å². The highest BCUT2D eigenvalue weighted by atomic mass is 16.5. The molecule has 4 heteroatoms. The van der Waals surface area contributed by atoms with Crippen LogP contribution in [0.1, 0.15) is 40.5 Å². The molecule has 0 spiro atoms. The van der Waals surface area contributed by atoms with Crippen LogP contribution < -0.4 is 10.6 Å². The molecule has 0 aliphatic carbocycles. The van der Waals surface area contributed by atoms with E-state index >= 15 is 0 Å². The first kappa shape index (κ1) is 13.5. The minimum absolute atomic E-state index is 0.0410. The van der Waals surface area contributed by atoms with E-state index in [1.54, 1.807) is 0 Å². The quantitative estimate of drug-likeness (QED) is 0.759. The Kier molecular flexibility index (Phi) is 4.33. The van der Waals surface area contributed by atoms with Crippen molar-refractivity contribution in [2.24, 2.45) is 0 Å². The van der Waals surface area contributed by atoms with E-state index in [2.05, 4.69) is 17.6 Å². The number of rotatable bonds is 3. The van der Waals surface area contributed by atoms with Crippen molar-refractivity contribution < 1.29 is 9.53 Å². The number of amides is 1. The average Bonchev–Trinajstić information content (AvgIpc) is 2.14. The average molecular weight is 228 g/mol. The Morgan fingerprint density at radius 1 is 1.44 bits per heavy atom. The van der Waals surface area contributed by atoms with Crippen molar-refractivity contribution in [2.75, 3.05) is 19.8 Å². The van der Waals surface area contributed by atoms with Gasteiger partial charge in [-0.3, -0.25) is 4.79 Å². The summed E-state index contributed by atoms with van der Waals surface area (Å²) in [6, 6.07) is 0. The SMILES string of the molecule is CC(C)(C)NC(=O)CNC1(C)CCCOC1. The molecule has 1 heterocycles. The summed E-state index contributed by atoms with van der Waals surface area (Å²) in [6.07, 6.45) is 2.13. The second kappa shape index (κ2) is 5.15. The van der Waals surface area contributed by atoms with Crippen molar-refractivity contribution in [3.63, 3.8) is 0 Å². The highest BCUT2D eigenvalue weighted by Gasteiger charge is 2.27. The molecule has 1 atom stereocenters. The van der Waals surface area contributed by atoms with Gasteiger partial charge in [-0.1, -0.05) is 0 Å². The van der Waals surface area contributed by atoms with Gasteiger partial charge in [0.05, 0.1) is 13.2 Å². The van der Waals surface area contributed by atoms with E-state index in [9.17, 15) is 4.79 Å². The molecule has 0 bridgehead atoms. The molecule has 1 aliphatic rings. The number of hydrogen-bond donors (Lipinski definition) is 2. The molecule has 4 nitrogen and oxygen atoms in total. The highest BCUT2D eigenvalue weighted by molar-refractivity contribution is 5.78. The Morgan fingerprint density at radius 2 is 2.12 bits per heavy atom. The molecule has 1 unspecified atom stereocenters. The van der Waals surface area contributed by atoms with Crippen LogP contribution in [0.25, 0.3) is 0 Å². The summed E-state index contributed by atoms with van der Waals surface area (Å²) < 4.78 is 5.42. The fourth-order valence-corrected chi connectivity index (χ4v) is 1.83. The van der Waals surface area contributed by atoms with E-state index in [4.69, 9.17) is 4.74 Å². The fourth-order valence-electron chi connectivity index (χ4n) is 1.83. The summed E-state index contributed by atoms with van der Waals surface area (Å²) in [5.74, 6) is 0.0410. The summed E-state index contributed by atoms with van der Waals surface area (Å²) in [7, 11) is 0. The summed E-state index contributed by atoms with van der Waals surface area (Å²) in [5, 5.41) is 6.22. The maximum Gasteiger partial charge on any atom is 0.234 e. The number of hydrogen-bond acceptors (Lipinski definition) is 3. The van der Waals surface area contributed by atoms with Crippen molar-refractivity contribution in [1.82, 2.24) is 10.6 Å².